The first-order valence-electron chi connectivity index (χ1n) is 5.88. The molecule has 0 bridgehead atoms. The summed E-state index contributed by atoms with van der Waals surface area (Å²) in [6.07, 6.45) is 0. The van der Waals surface area contributed by atoms with Gasteiger partial charge in [0.2, 0.25) is 5.16 Å². The smallest absolute Gasteiger partial charge is 0.210 e. The van der Waals surface area contributed by atoms with Gasteiger partial charge in [0.1, 0.15) is 5.75 Å². The number of nitrogens with zero attached hydrogens (tertiary/aromatic N) is 3. The molecule has 1 aromatic heterocycles. The molecule has 0 aliphatic heterocycles. The van der Waals surface area contributed by atoms with Gasteiger partial charge in [-0.1, -0.05) is 11.8 Å². The van der Waals surface area contributed by atoms with Crippen LogP contribution in [0.5, 0.6) is 5.75 Å². The van der Waals surface area contributed by atoms with Crippen LogP contribution in [0.15, 0.2) is 29.4 Å². The molecule has 0 saturated heterocycles. The van der Waals surface area contributed by atoms with Gasteiger partial charge in [-0.25, -0.2) is 4.68 Å². The third-order valence-electron chi connectivity index (χ3n) is 2.41. The van der Waals surface area contributed by atoms with Crippen LogP contribution in [0.25, 0.3) is 11.4 Å². The highest BCUT2D eigenvalue weighted by Crippen LogP contribution is 2.23. The molecule has 0 radical (unpaired) electrons. The summed E-state index contributed by atoms with van der Waals surface area (Å²) >= 11 is 0.960. The number of nitrogens with two attached hydrogens (primary N) is 1. The van der Waals surface area contributed by atoms with Gasteiger partial charge in [-0.3, -0.25) is 0 Å². The largest absolute Gasteiger partial charge is 0.549 e. The maximum Gasteiger partial charge on any atom is 0.210 e. The quantitative estimate of drug-likeness (QED) is 0.585. The number of carbonyl (C=O) groups is 1. The summed E-state index contributed by atoms with van der Waals surface area (Å²) in [7, 11) is 0. The van der Waals surface area contributed by atoms with Crippen LogP contribution in [0.4, 0.5) is 0 Å². The van der Waals surface area contributed by atoms with E-state index in [1.807, 2.05) is 31.2 Å². The Kier molecular flexibility index (Phi) is 4.46. The van der Waals surface area contributed by atoms with E-state index in [-0.39, 0.29) is 5.75 Å². The van der Waals surface area contributed by atoms with Crippen molar-refractivity contribution in [3.05, 3.63) is 24.3 Å². The molecule has 1 heterocycles. The Morgan fingerprint density at radius 2 is 2.10 bits per heavy atom. The zero-order valence-corrected chi connectivity index (χ0v) is 11.6. The van der Waals surface area contributed by atoms with Crippen molar-refractivity contribution in [2.75, 3.05) is 18.2 Å². The van der Waals surface area contributed by atoms with Crippen LogP contribution in [0.3, 0.4) is 0 Å². The maximum absolute atomic E-state index is 10.4. The molecule has 0 aliphatic rings. The Morgan fingerprint density at radius 3 is 2.70 bits per heavy atom. The fraction of sp³-hybridized carbons (Fsp3) is 0.250. The number of carboxylic acids is 1. The maximum atomic E-state index is 10.4. The molecular weight excluding hydrogens is 280 g/mol. The van der Waals surface area contributed by atoms with E-state index < -0.39 is 5.97 Å². The van der Waals surface area contributed by atoms with Crippen molar-refractivity contribution < 1.29 is 14.6 Å². The molecule has 20 heavy (non-hydrogen) atoms. The number of carbonyl (C=O) groups excluding carboxylic acids is 1. The van der Waals surface area contributed by atoms with Gasteiger partial charge < -0.3 is 20.5 Å². The molecule has 8 heteroatoms. The van der Waals surface area contributed by atoms with Gasteiger partial charge in [0, 0.05) is 11.3 Å². The van der Waals surface area contributed by atoms with Crippen molar-refractivity contribution in [2.45, 2.75) is 12.1 Å². The van der Waals surface area contributed by atoms with E-state index in [1.165, 1.54) is 4.68 Å². The number of aliphatic carboxylic acids is 1. The lowest BCUT2D eigenvalue weighted by Gasteiger charge is -2.05. The van der Waals surface area contributed by atoms with E-state index in [4.69, 9.17) is 10.6 Å². The van der Waals surface area contributed by atoms with E-state index in [1.54, 1.807) is 0 Å². The first kappa shape index (κ1) is 14.2. The minimum atomic E-state index is -1.18. The summed E-state index contributed by atoms with van der Waals surface area (Å²) in [5, 5.41) is 18.5. The Labute approximate surface area is 119 Å². The topological polar surface area (TPSA) is 106 Å². The monoisotopic (exact) mass is 293 g/mol. The minimum absolute atomic E-state index is 0.224. The highest BCUT2D eigenvalue weighted by atomic mass is 32.2. The van der Waals surface area contributed by atoms with E-state index in [0.29, 0.717) is 17.6 Å². The lowest BCUT2D eigenvalue weighted by molar-refractivity contribution is -0.301. The van der Waals surface area contributed by atoms with Crippen LogP contribution < -0.4 is 15.7 Å². The van der Waals surface area contributed by atoms with Crippen LogP contribution in [-0.4, -0.2) is 33.2 Å². The van der Waals surface area contributed by atoms with Crippen molar-refractivity contribution in [3.63, 3.8) is 0 Å². The SMILES string of the molecule is CCOc1ccc(-c2nnc(SCC(=O)[O-])n2N)cc1. The molecule has 1 aromatic carbocycles. The lowest BCUT2D eigenvalue weighted by Crippen LogP contribution is -2.24. The second-order valence-electron chi connectivity index (χ2n) is 3.79. The Bertz CT molecular complexity index is 597. The van der Waals surface area contributed by atoms with Gasteiger partial charge in [0.25, 0.3) is 0 Å². The molecular formula is C12H13N4O3S-. The van der Waals surface area contributed by atoms with Gasteiger partial charge in [0.15, 0.2) is 5.82 Å². The van der Waals surface area contributed by atoms with Crippen molar-refractivity contribution >= 4 is 17.7 Å². The summed E-state index contributed by atoms with van der Waals surface area (Å²) in [5.41, 5.74) is 0.767. The second-order valence-corrected chi connectivity index (χ2v) is 4.74. The lowest BCUT2D eigenvalue weighted by atomic mass is 10.2. The molecule has 2 aromatic rings. The summed E-state index contributed by atoms with van der Waals surface area (Å²) in [4.78, 5) is 10.4. The predicted molar refractivity (Wildman–Crippen MR) is 72.5 cm³/mol. The number of aromatic nitrogens is 3. The summed E-state index contributed by atoms with van der Waals surface area (Å²) in [6, 6.07) is 7.24. The fourth-order valence-electron chi connectivity index (χ4n) is 1.56. The zero-order chi connectivity index (χ0) is 14.5. The molecule has 7 nitrogen and oxygen atoms in total. The standard InChI is InChI=1S/C12H14N4O3S/c1-2-19-9-5-3-8(4-6-9)11-14-15-12(16(11)13)20-7-10(17)18/h3-6H,2,7,13H2,1H3,(H,17,18)/p-1. The molecule has 0 spiro atoms. The number of rotatable bonds is 6. The van der Waals surface area contributed by atoms with Gasteiger partial charge >= 0.3 is 0 Å². The highest BCUT2D eigenvalue weighted by Gasteiger charge is 2.12. The third-order valence-corrected chi connectivity index (χ3v) is 3.32. The van der Waals surface area contributed by atoms with E-state index in [9.17, 15) is 9.90 Å². The molecule has 0 saturated carbocycles. The van der Waals surface area contributed by atoms with Crippen LogP contribution >= 0.6 is 11.8 Å². The summed E-state index contributed by atoms with van der Waals surface area (Å²) in [5.74, 6) is 5.65. The average molecular weight is 293 g/mol. The van der Waals surface area contributed by atoms with Crippen molar-refractivity contribution in [1.29, 1.82) is 0 Å². The predicted octanol–water partition coefficient (Wildman–Crippen LogP) is -0.100. The van der Waals surface area contributed by atoms with Crippen LogP contribution in [0.1, 0.15) is 6.92 Å². The Hall–Kier alpha value is -2.22. The first-order valence-corrected chi connectivity index (χ1v) is 6.86. The number of benzene rings is 1. The van der Waals surface area contributed by atoms with Crippen LogP contribution in [-0.2, 0) is 4.79 Å². The minimum Gasteiger partial charge on any atom is -0.549 e. The van der Waals surface area contributed by atoms with Crippen molar-refractivity contribution in [1.82, 2.24) is 14.9 Å². The first-order chi connectivity index (χ1) is 9.61. The fourth-order valence-corrected chi connectivity index (χ4v) is 2.13. The van der Waals surface area contributed by atoms with E-state index >= 15 is 0 Å². The van der Waals surface area contributed by atoms with Gasteiger partial charge in [-0.2, -0.15) is 0 Å². The Balaban J connectivity index is 2.18. The third kappa shape index (κ3) is 3.21. The van der Waals surface area contributed by atoms with Gasteiger partial charge in [0.05, 0.1) is 12.6 Å². The molecule has 2 rings (SSSR count). The molecule has 0 fully saturated rings. The number of hydrogen-bond acceptors (Lipinski definition) is 7. The van der Waals surface area contributed by atoms with Crippen LogP contribution in [0.2, 0.25) is 0 Å². The second kappa shape index (κ2) is 6.29. The summed E-state index contributed by atoms with van der Waals surface area (Å²) in [6.45, 7) is 2.50. The van der Waals surface area contributed by atoms with E-state index in [2.05, 4.69) is 10.2 Å². The number of ether oxygens (including phenoxy) is 1. The van der Waals surface area contributed by atoms with Crippen molar-refractivity contribution in [2.24, 2.45) is 0 Å². The average Bonchev–Trinajstić information content (AvgIpc) is 2.79. The number of nitrogen functional groups attached to an aromatic ring is 1. The highest BCUT2D eigenvalue weighted by molar-refractivity contribution is 7.99. The van der Waals surface area contributed by atoms with Gasteiger partial charge in [-0.15, -0.1) is 10.2 Å². The molecule has 0 aliphatic carbocycles. The van der Waals surface area contributed by atoms with Crippen molar-refractivity contribution in [3.8, 4) is 17.1 Å². The van der Waals surface area contributed by atoms with Gasteiger partial charge in [-0.05, 0) is 31.2 Å². The molecule has 0 amide bonds. The summed E-state index contributed by atoms with van der Waals surface area (Å²) < 4.78 is 6.60. The molecule has 0 atom stereocenters. The Morgan fingerprint density at radius 1 is 1.40 bits per heavy atom. The van der Waals surface area contributed by atoms with Crippen LogP contribution in [0, 0.1) is 0 Å². The zero-order valence-electron chi connectivity index (χ0n) is 10.8. The molecule has 106 valence electrons. The number of thioether (sulfide) groups is 1. The number of hydrogen-bond donors (Lipinski definition) is 1. The number of carboxylic acid groups (broad SMARTS) is 1. The molecule has 2 N–H and O–H groups in total. The van der Waals surface area contributed by atoms with E-state index in [0.717, 1.165) is 23.1 Å². The normalized spacial score (nSPS) is 10.4. The molecule has 0 unspecified atom stereocenters.